The second-order valence-corrected chi connectivity index (χ2v) is 8.42. The Hall–Kier alpha value is -4.54. The molecule has 0 bridgehead atoms. The second-order valence-electron chi connectivity index (χ2n) is 8.42. The lowest BCUT2D eigenvalue weighted by atomic mass is 10.0. The summed E-state index contributed by atoms with van der Waals surface area (Å²) < 4.78 is 7.74. The highest BCUT2D eigenvalue weighted by molar-refractivity contribution is 6.00. The quantitative estimate of drug-likeness (QED) is 0.379. The highest BCUT2D eigenvalue weighted by atomic mass is 16.5. The van der Waals surface area contributed by atoms with Gasteiger partial charge >= 0.3 is 11.7 Å². The number of nitrogens with zero attached hydrogens (tertiary/aromatic N) is 4. The fourth-order valence-electron chi connectivity index (χ4n) is 3.97. The smallest absolute Gasteiger partial charge is 0.343 e. The van der Waals surface area contributed by atoms with Crippen LogP contribution in [0.15, 0.2) is 46.2 Å². The molecule has 0 saturated carbocycles. The van der Waals surface area contributed by atoms with Crippen molar-refractivity contribution in [3.63, 3.8) is 0 Å². The van der Waals surface area contributed by atoms with Gasteiger partial charge in [0.05, 0.1) is 18.3 Å². The number of hydrogen-bond acceptors (Lipinski definition) is 7. The monoisotopic (exact) mass is 490 g/mol. The molecule has 0 aliphatic heterocycles. The molecule has 1 aromatic carbocycles. The number of esters is 1. The summed E-state index contributed by atoms with van der Waals surface area (Å²) >= 11 is 0. The number of benzene rings is 1. The first-order valence-corrected chi connectivity index (χ1v) is 11.4. The number of nitrogens with one attached hydrogen (secondary N) is 2. The SMILES string of the molecule is CCOC(=O)c1cnn(-c2cc(C)c3cc(C)cc(C)c3n2)c1NC(=O)CCn1ccc(=O)[nH]c1=O. The van der Waals surface area contributed by atoms with E-state index in [1.54, 1.807) is 6.92 Å². The van der Waals surface area contributed by atoms with Crippen molar-refractivity contribution in [1.82, 2.24) is 24.3 Å². The molecule has 4 aromatic rings. The van der Waals surface area contributed by atoms with Crippen LogP contribution in [0.3, 0.4) is 0 Å². The maximum Gasteiger partial charge on any atom is 0.343 e. The summed E-state index contributed by atoms with van der Waals surface area (Å²) in [6.45, 7) is 7.81. The first kappa shape index (κ1) is 24.6. The molecule has 4 rings (SSSR count). The molecule has 11 nitrogen and oxygen atoms in total. The number of H-pyrrole nitrogens is 1. The first-order chi connectivity index (χ1) is 17.2. The molecule has 0 atom stereocenters. The Balaban J connectivity index is 1.71. The molecular weight excluding hydrogens is 464 g/mol. The molecule has 11 heteroatoms. The van der Waals surface area contributed by atoms with Crippen LogP contribution in [-0.4, -0.2) is 42.8 Å². The number of fused-ring (bicyclic) bond motifs is 1. The number of carbonyl (C=O) groups excluding carboxylic acids is 2. The van der Waals surface area contributed by atoms with E-state index >= 15 is 0 Å². The average molecular weight is 491 g/mol. The van der Waals surface area contributed by atoms with Crippen molar-refractivity contribution in [2.45, 2.75) is 40.7 Å². The predicted octanol–water partition coefficient (Wildman–Crippen LogP) is 2.40. The lowest BCUT2D eigenvalue weighted by Gasteiger charge is -2.13. The van der Waals surface area contributed by atoms with Gasteiger partial charge in [-0.25, -0.2) is 14.6 Å². The summed E-state index contributed by atoms with van der Waals surface area (Å²) in [5.41, 5.74) is 2.80. The minimum atomic E-state index is -0.639. The normalized spacial score (nSPS) is 11.0. The van der Waals surface area contributed by atoms with Crippen LogP contribution in [0, 0.1) is 20.8 Å². The zero-order valence-electron chi connectivity index (χ0n) is 20.4. The predicted molar refractivity (Wildman–Crippen MR) is 134 cm³/mol. The summed E-state index contributed by atoms with van der Waals surface area (Å²) in [5.74, 6) is -0.567. The molecule has 0 aliphatic rings. The van der Waals surface area contributed by atoms with Crippen LogP contribution in [0.25, 0.3) is 16.7 Å². The van der Waals surface area contributed by atoms with E-state index in [0.717, 1.165) is 27.6 Å². The van der Waals surface area contributed by atoms with Gasteiger partial charge in [-0.05, 0) is 51.0 Å². The number of aromatic nitrogens is 5. The molecule has 0 radical (unpaired) electrons. The molecule has 186 valence electrons. The van der Waals surface area contributed by atoms with Gasteiger partial charge in [-0.1, -0.05) is 11.6 Å². The summed E-state index contributed by atoms with van der Waals surface area (Å²) in [6.07, 6.45) is 2.54. The summed E-state index contributed by atoms with van der Waals surface area (Å²) in [7, 11) is 0. The zero-order valence-corrected chi connectivity index (χ0v) is 20.4. The van der Waals surface area contributed by atoms with E-state index in [0.29, 0.717) is 5.82 Å². The first-order valence-electron chi connectivity index (χ1n) is 11.4. The topological polar surface area (TPSA) is 141 Å². The van der Waals surface area contributed by atoms with E-state index in [1.807, 2.05) is 32.9 Å². The van der Waals surface area contributed by atoms with Gasteiger partial charge in [0.15, 0.2) is 11.6 Å². The van der Waals surface area contributed by atoms with Crippen LogP contribution < -0.4 is 16.6 Å². The number of pyridine rings is 1. The van der Waals surface area contributed by atoms with Gasteiger partial charge in [-0.2, -0.15) is 9.78 Å². The Morgan fingerprint density at radius 2 is 1.89 bits per heavy atom. The fourth-order valence-corrected chi connectivity index (χ4v) is 3.97. The van der Waals surface area contributed by atoms with Crippen LogP contribution in [-0.2, 0) is 16.1 Å². The third-order valence-electron chi connectivity index (χ3n) is 5.66. The Labute approximate surface area is 205 Å². The van der Waals surface area contributed by atoms with Crippen LogP contribution in [0.5, 0.6) is 0 Å². The Morgan fingerprint density at radius 1 is 1.11 bits per heavy atom. The lowest BCUT2D eigenvalue weighted by molar-refractivity contribution is -0.116. The van der Waals surface area contributed by atoms with Crippen LogP contribution in [0.2, 0.25) is 0 Å². The summed E-state index contributed by atoms with van der Waals surface area (Å²) in [6, 6.07) is 7.12. The number of rotatable bonds is 7. The van der Waals surface area contributed by atoms with Crippen molar-refractivity contribution in [2.75, 3.05) is 11.9 Å². The van der Waals surface area contributed by atoms with Gasteiger partial charge in [0, 0.05) is 30.6 Å². The molecule has 0 aliphatic carbocycles. The summed E-state index contributed by atoms with van der Waals surface area (Å²) in [4.78, 5) is 55.5. The van der Waals surface area contributed by atoms with Gasteiger partial charge in [-0.3, -0.25) is 14.6 Å². The number of anilines is 1. The standard InChI is InChI=1S/C25H26N6O5/c1-5-36-24(34)18-13-26-31(19-12-15(3)17-11-14(2)10-16(4)22(17)27-19)23(18)28-20(32)6-8-30-9-7-21(33)29-25(30)35/h7,9-13H,5-6,8H2,1-4H3,(H,28,32)(H,29,33,35). The maximum atomic E-state index is 12.8. The largest absolute Gasteiger partial charge is 0.462 e. The minimum absolute atomic E-state index is 0.0240. The molecular formula is C25H26N6O5. The van der Waals surface area contributed by atoms with E-state index in [4.69, 9.17) is 9.72 Å². The molecule has 0 fully saturated rings. The average Bonchev–Trinajstić information content (AvgIpc) is 3.22. The van der Waals surface area contributed by atoms with Gasteiger partial charge in [0.2, 0.25) is 5.91 Å². The van der Waals surface area contributed by atoms with Crippen LogP contribution in [0.4, 0.5) is 5.82 Å². The van der Waals surface area contributed by atoms with Crippen molar-refractivity contribution >= 4 is 28.6 Å². The Bertz CT molecular complexity index is 1600. The highest BCUT2D eigenvalue weighted by Crippen LogP contribution is 2.27. The third kappa shape index (κ3) is 4.95. The second kappa shape index (κ2) is 9.98. The van der Waals surface area contributed by atoms with Crippen LogP contribution in [0.1, 0.15) is 40.4 Å². The third-order valence-corrected chi connectivity index (χ3v) is 5.66. The van der Waals surface area contributed by atoms with Crippen LogP contribution >= 0.6 is 0 Å². The van der Waals surface area contributed by atoms with Gasteiger partial charge in [-0.15, -0.1) is 0 Å². The molecule has 0 spiro atoms. The van der Waals surface area contributed by atoms with E-state index in [9.17, 15) is 19.2 Å². The molecule has 1 amide bonds. The van der Waals surface area contributed by atoms with Crippen molar-refractivity contribution in [3.8, 4) is 5.82 Å². The van der Waals surface area contributed by atoms with Crippen molar-refractivity contribution in [3.05, 3.63) is 79.8 Å². The van der Waals surface area contributed by atoms with E-state index in [1.165, 1.54) is 27.7 Å². The van der Waals surface area contributed by atoms with Gasteiger partial charge in [0.25, 0.3) is 5.56 Å². The number of carbonyl (C=O) groups is 2. The summed E-state index contributed by atoms with van der Waals surface area (Å²) in [5, 5.41) is 8.05. The molecule has 3 aromatic heterocycles. The number of amides is 1. The molecule has 0 unspecified atom stereocenters. The Kier molecular flexibility index (Phi) is 6.82. The van der Waals surface area contributed by atoms with Crippen molar-refractivity contribution in [1.29, 1.82) is 0 Å². The molecule has 3 heterocycles. The van der Waals surface area contributed by atoms with E-state index < -0.39 is 23.1 Å². The minimum Gasteiger partial charge on any atom is -0.462 e. The van der Waals surface area contributed by atoms with Gasteiger partial charge < -0.3 is 14.6 Å². The van der Waals surface area contributed by atoms with Crippen molar-refractivity contribution < 1.29 is 14.3 Å². The Morgan fingerprint density at radius 3 is 2.61 bits per heavy atom. The van der Waals surface area contributed by atoms with Gasteiger partial charge in [0.1, 0.15) is 5.56 Å². The molecule has 2 N–H and O–H groups in total. The van der Waals surface area contributed by atoms with Crippen molar-refractivity contribution in [2.24, 2.45) is 0 Å². The van der Waals surface area contributed by atoms with E-state index in [2.05, 4.69) is 21.5 Å². The number of aromatic amines is 1. The molecule has 0 saturated heterocycles. The molecule has 36 heavy (non-hydrogen) atoms. The zero-order chi connectivity index (χ0) is 26.0. The number of hydrogen-bond donors (Lipinski definition) is 2. The lowest BCUT2D eigenvalue weighted by Crippen LogP contribution is -2.30. The fraction of sp³-hybridized carbons (Fsp3) is 0.280. The maximum absolute atomic E-state index is 12.8. The number of ether oxygens (including phenoxy) is 1. The highest BCUT2D eigenvalue weighted by Gasteiger charge is 2.23. The number of aryl methyl sites for hydroxylation is 4. The van der Waals surface area contributed by atoms with E-state index in [-0.39, 0.29) is 31.0 Å².